The van der Waals surface area contributed by atoms with Crippen LogP contribution < -0.4 is 5.32 Å². The van der Waals surface area contributed by atoms with E-state index in [-0.39, 0.29) is 23.6 Å². The molecule has 0 radical (unpaired) electrons. The Labute approximate surface area is 205 Å². The molecule has 1 N–H and O–H groups in total. The van der Waals surface area contributed by atoms with Crippen molar-refractivity contribution < 1.29 is 9.59 Å². The Morgan fingerprint density at radius 2 is 1.45 bits per heavy atom. The van der Waals surface area contributed by atoms with Gasteiger partial charge in [0.15, 0.2) is 0 Å². The Balaban J connectivity index is 1.87. The van der Waals surface area contributed by atoms with Crippen molar-refractivity contribution in [2.24, 2.45) is 0 Å². The number of halogens is 1. The minimum Gasteiger partial charge on any atom is -0.352 e. The molecular weight excluding hydrogens is 452 g/mol. The van der Waals surface area contributed by atoms with Gasteiger partial charge in [-0.3, -0.25) is 9.59 Å². The van der Waals surface area contributed by atoms with Gasteiger partial charge in [0.1, 0.15) is 6.04 Å². The molecule has 0 aromatic heterocycles. The van der Waals surface area contributed by atoms with Crippen molar-refractivity contribution >= 4 is 35.2 Å². The van der Waals surface area contributed by atoms with E-state index in [9.17, 15) is 9.59 Å². The zero-order valence-corrected chi connectivity index (χ0v) is 20.5. The standard InChI is InChI=1S/C27H29ClN2O2S/c1-20(2)29-27(32)25(17-21-9-5-3-6-10-21)30(18-22-11-7-4-8-12-22)26(31)19-33-24-15-13-23(28)14-16-24/h3-16,20,25H,17-19H2,1-2H3,(H,29,32)/t25-/m0/s1. The molecule has 33 heavy (non-hydrogen) atoms. The summed E-state index contributed by atoms with van der Waals surface area (Å²) in [6.45, 7) is 4.22. The molecule has 1 atom stereocenters. The quantitative estimate of drug-likeness (QED) is 0.384. The van der Waals surface area contributed by atoms with Crippen LogP contribution in [0.1, 0.15) is 25.0 Å². The SMILES string of the molecule is CC(C)NC(=O)[C@H](Cc1ccccc1)N(Cc1ccccc1)C(=O)CSc1ccc(Cl)cc1. The first-order chi connectivity index (χ1) is 15.9. The lowest BCUT2D eigenvalue weighted by molar-refractivity contribution is -0.139. The lowest BCUT2D eigenvalue weighted by Gasteiger charge is -2.32. The second-order valence-corrected chi connectivity index (χ2v) is 9.60. The summed E-state index contributed by atoms with van der Waals surface area (Å²) in [5.74, 6) is 0.00241. The Morgan fingerprint density at radius 3 is 2.03 bits per heavy atom. The number of amides is 2. The molecule has 0 bridgehead atoms. The van der Waals surface area contributed by atoms with Crippen molar-refractivity contribution in [3.8, 4) is 0 Å². The Hall–Kier alpha value is -2.76. The third-order valence-electron chi connectivity index (χ3n) is 5.07. The molecule has 0 aliphatic rings. The maximum absolute atomic E-state index is 13.5. The molecule has 172 valence electrons. The molecule has 0 saturated heterocycles. The van der Waals surface area contributed by atoms with Crippen LogP contribution in [0.2, 0.25) is 5.02 Å². The summed E-state index contributed by atoms with van der Waals surface area (Å²) in [6, 6.07) is 26.4. The van der Waals surface area contributed by atoms with Gasteiger partial charge < -0.3 is 10.2 Å². The van der Waals surface area contributed by atoms with Gasteiger partial charge in [-0.2, -0.15) is 0 Å². The van der Waals surface area contributed by atoms with Gasteiger partial charge in [-0.25, -0.2) is 0 Å². The second kappa shape index (κ2) is 12.5. The highest BCUT2D eigenvalue weighted by atomic mass is 35.5. The summed E-state index contributed by atoms with van der Waals surface area (Å²) >= 11 is 7.43. The first-order valence-corrected chi connectivity index (χ1v) is 12.3. The molecule has 0 fully saturated rings. The van der Waals surface area contributed by atoms with Crippen LogP contribution in [0.25, 0.3) is 0 Å². The minimum atomic E-state index is -0.617. The first kappa shape index (κ1) is 24.9. The van der Waals surface area contributed by atoms with Crippen LogP contribution in [0.3, 0.4) is 0 Å². The largest absolute Gasteiger partial charge is 0.352 e. The number of hydrogen-bond donors (Lipinski definition) is 1. The topological polar surface area (TPSA) is 49.4 Å². The van der Waals surface area contributed by atoms with Crippen molar-refractivity contribution in [3.05, 3.63) is 101 Å². The van der Waals surface area contributed by atoms with E-state index in [1.165, 1.54) is 11.8 Å². The summed E-state index contributed by atoms with van der Waals surface area (Å²) in [6.07, 6.45) is 0.448. The summed E-state index contributed by atoms with van der Waals surface area (Å²) in [5.41, 5.74) is 2.00. The molecule has 0 aliphatic carbocycles. The van der Waals surface area contributed by atoms with Crippen LogP contribution >= 0.6 is 23.4 Å². The molecule has 0 spiro atoms. The molecule has 2 amide bonds. The number of nitrogens with zero attached hydrogens (tertiary/aromatic N) is 1. The van der Waals surface area contributed by atoms with Gasteiger partial charge in [0.05, 0.1) is 5.75 Å². The van der Waals surface area contributed by atoms with Crippen LogP contribution in [-0.4, -0.2) is 34.6 Å². The average Bonchev–Trinajstić information content (AvgIpc) is 2.81. The van der Waals surface area contributed by atoms with Crippen molar-refractivity contribution in [1.82, 2.24) is 10.2 Å². The van der Waals surface area contributed by atoms with Crippen molar-refractivity contribution in [2.45, 2.75) is 43.8 Å². The molecule has 3 aromatic rings. The van der Waals surface area contributed by atoms with Crippen LogP contribution in [0.15, 0.2) is 89.8 Å². The number of carbonyl (C=O) groups is 2. The monoisotopic (exact) mass is 480 g/mol. The lowest BCUT2D eigenvalue weighted by atomic mass is 10.0. The van der Waals surface area contributed by atoms with Gasteiger partial charge in [-0.1, -0.05) is 72.3 Å². The van der Waals surface area contributed by atoms with Crippen molar-refractivity contribution in [1.29, 1.82) is 0 Å². The van der Waals surface area contributed by atoms with E-state index in [4.69, 9.17) is 11.6 Å². The van der Waals surface area contributed by atoms with E-state index in [0.717, 1.165) is 16.0 Å². The van der Waals surface area contributed by atoms with Crippen LogP contribution in [0.5, 0.6) is 0 Å². The van der Waals surface area contributed by atoms with E-state index in [2.05, 4.69) is 5.32 Å². The van der Waals surface area contributed by atoms with Gasteiger partial charge >= 0.3 is 0 Å². The minimum absolute atomic E-state index is 0.0205. The summed E-state index contributed by atoms with van der Waals surface area (Å²) in [4.78, 5) is 29.5. The third-order valence-corrected chi connectivity index (χ3v) is 6.32. The highest BCUT2D eigenvalue weighted by molar-refractivity contribution is 8.00. The van der Waals surface area contributed by atoms with E-state index in [1.54, 1.807) is 4.90 Å². The van der Waals surface area contributed by atoms with Crippen LogP contribution in [0, 0.1) is 0 Å². The highest BCUT2D eigenvalue weighted by Crippen LogP contribution is 2.22. The van der Waals surface area contributed by atoms with Gasteiger partial charge in [0.2, 0.25) is 11.8 Å². The smallest absolute Gasteiger partial charge is 0.243 e. The first-order valence-electron chi connectivity index (χ1n) is 11.0. The molecule has 3 rings (SSSR count). The van der Waals surface area contributed by atoms with Gasteiger partial charge in [-0.15, -0.1) is 11.8 Å². The fourth-order valence-corrected chi connectivity index (χ4v) is 4.38. The molecule has 4 nitrogen and oxygen atoms in total. The predicted molar refractivity (Wildman–Crippen MR) is 136 cm³/mol. The second-order valence-electron chi connectivity index (χ2n) is 8.12. The normalized spacial score (nSPS) is 11.8. The summed E-state index contributed by atoms with van der Waals surface area (Å²) in [7, 11) is 0. The molecule has 0 heterocycles. The number of rotatable bonds is 10. The molecule has 0 unspecified atom stereocenters. The van der Waals surface area contributed by atoms with Gasteiger partial charge in [0.25, 0.3) is 0 Å². The third kappa shape index (κ3) is 7.95. The maximum atomic E-state index is 13.5. The lowest BCUT2D eigenvalue weighted by Crippen LogP contribution is -2.52. The number of carbonyl (C=O) groups excluding carboxylic acids is 2. The molecule has 3 aromatic carbocycles. The molecule has 6 heteroatoms. The fourth-order valence-electron chi connectivity index (χ4n) is 3.47. The van der Waals surface area contributed by atoms with Crippen LogP contribution in [0.4, 0.5) is 0 Å². The van der Waals surface area contributed by atoms with E-state index in [0.29, 0.717) is 18.0 Å². The fraction of sp³-hybridized carbons (Fsp3) is 0.259. The average molecular weight is 481 g/mol. The maximum Gasteiger partial charge on any atom is 0.243 e. The van der Waals surface area contributed by atoms with Crippen molar-refractivity contribution in [3.63, 3.8) is 0 Å². The van der Waals surface area contributed by atoms with Crippen molar-refractivity contribution in [2.75, 3.05) is 5.75 Å². The van der Waals surface area contributed by atoms with E-state index < -0.39 is 6.04 Å². The van der Waals surface area contributed by atoms with Crippen LogP contribution in [-0.2, 0) is 22.6 Å². The summed E-state index contributed by atoms with van der Waals surface area (Å²) in [5, 5.41) is 3.67. The Kier molecular flexibility index (Phi) is 9.40. The predicted octanol–water partition coefficient (Wildman–Crippen LogP) is 5.60. The Bertz CT molecular complexity index is 1030. The van der Waals surface area contributed by atoms with Gasteiger partial charge in [-0.05, 0) is 49.2 Å². The summed E-state index contributed by atoms with van der Waals surface area (Å²) < 4.78 is 0. The number of hydrogen-bond acceptors (Lipinski definition) is 3. The number of thioether (sulfide) groups is 1. The molecule has 0 saturated carbocycles. The molecular formula is C27H29ClN2O2S. The Morgan fingerprint density at radius 1 is 0.879 bits per heavy atom. The highest BCUT2D eigenvalue weighted by Gasteiger charge is 2.30. The zero-order chi connectivity index (χ0) is 23.6. The van der Waals surface area contributed by atoms with E-state index in [1.807, 2.05) is 98.8 Å². The zero-order valence-electron chi connectivity index (χ0n) is 18.9. The number of benzene rings is 3. The molecule has 0 aliphatic heterocycles. The number of nitrogens with one attached hydrogen (secondary N) is 1. The van der Waals surface area contributed by atoms with Gasteiger partial charge in [0, 0.05) is 28.9 Å². The van der Waals surface area contributed by atoms with E-state index >= 15 is 0 Å².